The highest BCUT2D eigenvalue weighted by molar-refractivity contribution is 6.08. The van der Waals surface area contributed by atoms with E-state index in [4.69, 9.17) is 9.26 Å². The minimum atomic E-state index is -0.226. The van der Waals surface area contributed by atoms with Crippen molar-refractivity contribution in [3.8, 4) is 5.75 Å². The van der Waals surface area contributed by atoms with Crippen LogP contribution >= 0.6 is 0 Å². The van der Waals surface area contributed by atoms with E-state index in [1.165, 1.54) is 0 Å². The highest BCUT2D eigenvalue weighted by atomic mass is 16.5. The third-order valence-electron chi connectivity index (χ3n) is 4.98. The molecule has 0 saturated carbocycles. The number of nitrogens with one attached hydrogen (secondary N) is 2. The van der Waals surface area contributed by atoms with E-state index >= 15 is 0 Å². The summed E-state index contributed by atoms with van der Waals surface area (Å²) >= 11 is 0. The normalized spacial score (nSPS) is 10.9. The zero-order chi connectivity index (χ0) is 21.3. The number of amides is 1. The molecule has 2 heterocycles. The molecule has 4 rings (SSSR count). The maximum absolute atomic E-state index is 12.7. The van der Waals surface area contributed by atoms with Crippen molar-refractivity contribution in [1.82, 2.24) is 15.4 Å². The Balaban J connectivity index is 1.51. The Kier molecular flexibility index (Phi) is 5.14. The molecular formula is C22H23N5O3. The van der Waals surface area contributed by atoms with Crippen molar-refractivity contribution in [2.75, 3.05) is 24.3 Å². The minimum Gasteiger partial charge on any atom is -0.489 e. The summed E-state index contributed by atoms with van der Waals surface area (Å²) in [6, 6.07) is 12.9. The number of aryl methyl sites for hydroxylation is 2. The number of carbonyl (C=O) groups is 1. The second-order valence-electron chi connectivity index (χ2n) is 7.27. The first-order chi connectivity index (χ1) is 14.4. The number of H-pyrrole nitrogens is 1. The first kappa shape index (κ1) is 19.5. The van der Waals surface area contributed by atoms with Crippen molar-refractivity contribution < 1.29 is 14.1 Å². The number of anilines is 2. The van der Waals surface area contributed by atoms with E-state index in [0.717, 1.165) is 33.6 Å². The first-order valence-electron chi connectivity index (χ1n) is 9.54. The number of aromatic nitrogens is 3. The van der Waals surface area contributed by atoms with Crippen molar-refractivity contribution in [2.45, 2.75) is 20.5 Å². The molecule has 0 aliphatic rings. The fourth-order valence-electron chi connectivity index (χ4n) is 3.13. The SMILES string of the molecule is Cc1noc(C)c1COc1ccc2[nH]nc(NC(=O)c3ccc(N(C)C)cc3)c2c1. The van der Waals surface area contributed by atoms with Crippen LogP contribution in [0.4, 0.5) is 11.5 Å². The number of hydrogen-bond donors (Lipinski definition) is 2. The molecule has 0 fully saturated rings. The van der Waals surface area contributed by atoms with Crippen molar-refractivity contribution in [2.24, 2.45) is 0 Å². The molecule has 2 N–H and O–H groups in total. The maximum Gasteiger partial charge on any atom is 0.256 e. The molecule has 8 heteroatoms. The van der Waals surface area contributed by atoms with Crippen molar-refractivity contribution in [1.29, 1.82) is 0 Å². The van der Waals surface area contributed by atoms with Crippen LogP contribution in [0.2, 0.25) is 0 Å². The lowest BCUT2D eigenvalue weighted by molar-refractivity contribution is 0.102. The Morgan fingerprint density at radius 1 is 1.17 bits per heavy atom. The smallest absolute Gasteiger partial charge is 0.256 e. The largest absolute Gasteiger partial charge is 0.489 e. The quantitative estimate of drug-likeness (QED) is 0.502. The summed E-state index contributed by atoms with van der Waals surface area (Å²) in [6.07, 6.45) is 0. The molecule has 2 aromatic carbocycles. The van der Waals surface area contributed by atoms with Gasteiger partial charge in [0.05, 0.1) is 16.8 Å². The Hall–Kier alpha value is -3.81. The molecule has 0 spiro atoms. The third kappa shape index (κ3) is 3.84. The standard InChI is InChI=1S/C22H23N5O3/c1-13-19(14(2)30-26-13)12-29-17-9-10-20-18(11-17)21(25-24-20)23-22(28)15-5-7-16(8-6-15)27(3)4/h5-11H,12H2,1-4H3,(H2,23,24,25,28). The summed E-state index contributed by atoms with van der Waals surface area (Å²) in [4.78, 5) is 14.6. The molecule has 0 aliphatic carbocycles. The minimum absolute atomic E-state index is 0.226. The molecule has 0 aliphatic heterocycles. The molecule has 0 unspecified atom stereocenters. The van der Waals surface area contributed by atoms with E-state index in [0.29, 0.717) is 23.7 Å². The molecule has 8 nitrogen and oxygen atoms in total. The van der Waals surface area contributed by atoms with Gasteiger partial charge in [-0.1, -0.05) is 5.16 Å². The van der Waals surface area contributed by atoms with Crippen molar-refractivity contribution in [3.63, 3.8) is 0 Å². The van der Waals surface area contributed by atoms with Gasteiger partial charge in [-0.05, 0) is 56.3 Å². The summed E-state index contributed by atoms with van der Waals surface area (Å²) in [6.45, 7) is 4.09. The molecule has 2 aromatic heterocycles. The molecule has 30 heavy (non-hydrogen) atoms. The predicted molar refractivity (Wildman–Crippen MR) is 115 cm³/mol. The topological polar surface area (TPSA) is 96.3 Å². The van der Waals surface area contributed by atoms with Crippen LogP contribution in [0.5, 0.6) is 5.75 Å². The Morgan fingerprint density at radius 3 is 2.60 bits per heavy atom. The van der Waals surface area contributed by atoms with Gasteiger partial charge in [0.2, 0.25) is 0 Å². The van der Waals surface area contributed by atoms with E-state index in [9.17, 15) is 4.79 Å². The van der Waals surface area contributed by atoms with Crippen LogP contribution in [0.15, 0.2) is 47.0 Å². The number of benzene rings is 2. The van der Waals surface area contributed by atoms with Gasteiger partial charge in [0.1, 0.15) is 18.1 Å². The van der Waals surface area contributed by atoms with E-state index in [1.54, 1.807) is 12.1 Å². The van der Waals surface area contributed by atoms with Gasteiger partial charge in [0.15, 0.2) is 5.82 Å². The van der Waals surface area contributed by atoms with Gasteiger partial charge < -0.3 is 19.5 Å². The lowest BCUT2D eigenvalue weighted by atomic mass is 10.2. The predicted octanol–water partition coefficient (Wildman–Crippen LogP) is 4.07. The number of aromatic amines is 1. The van der Waals surface area contributed by atoms with Crippen LogP contribution < -0.4 is 15.0 Å². The van der Waals surface area contributed by atoms with Gasteiger partial charge in [-0.25, -0.2) is 0 Å². The number of hydrogen-bond acceptors (Lipinski definition) is 6. The van der Waals surface area contributed by atoms with Crippen LogP contribution in [0.25, 0.3) is 10.9 Å². The summed E-state index contributed by atoms with van der Waals surface area (Å²) in [5, 5.41) is 14.8. The van der Waals surface area contributed by atoms with Gasteiger partial charge >= 0.3 is 0 Å². The van der Waals surface area contributed by atoms with E-state index in [2.05, 4.69) is 20.7 Å². The molecule has 0 radical (unpaired) electrons. The second kappa shape index (κ2) is 7.90. The van der Waals surface area contributed by atoms with Gasteiger partial charge in [-0.3, -0.25) is 9.89 Å². The van der Waals surface area contributed by atoms with E-state index in [1.807, 2.05) is 63.2 Å². The third-order valence-corrected chi connectivity index (χ3v) is 4.98. The monoisotopic (exact) mass is 405 g/mol. The Morgan fingerprint density at radius 2 is 1.93 bits per heavy atom. The van der Waals surface area contributed by atoms with Crippen LogP contribution in [-0.2, 0) is 6.61 Å². The Labute approximate surface area is 173 Å². The summed E-state index contributed by atoms with van der Waals surface area (Å²) in [7, 11) is 3.91. The molecule has 1 amide bonds. The summed E-state index contributed by atoms with van der Waals surface area (Å²) < 4.78 is 11.1. The van der Waals surface area contributed by atoms with Gasteiger partial charge in [0, 0.05) is 30.7 Å². The highest BCUT2D eigenvalue weighted by Gasteiger charge is 2.14. The average Bonchev–Trinajstić information content (AvgIpc) is 3.29. The fraction of sp³-hybridized carbons (Fsp3) is 0.227. The summed E-state index contributed by atoms with van der Waals surface area (Å²) in [5.74, 6) is 1.63. The van der Waals surface area contributed by atoms with E-state index in [-0.39, 0.29) is 5.91 Å². The van der Waals surface area contributed by atoms with Crippen LogP contribution in [0.1, 0.15) is 27.4 Å². The number of fused-ring (bicyclic) bond motifs is 1. The van der Waals surface area contributed by atoms with Crippen LogP contribution in [-0.4, -0.2) is 35.4 Å². The van der Waals surface area contributed by atoms with Gasteiger partial charge in [-0.2, -0.15) is 5.10 Å². The second-order valence-corrected chi connectivity index (χ2v) is 7.27. The van der Waals surface area contributed by atoms with Crippen molar-refractivity contribution in [3.05, 3.63) is 65.0 Å². The van der Waals surface area contributed by atoms with Crippen molar-refractivity contribution >= 4 is 28.3 Å². The van der Waals surface area contributed by atoms with Crippen LogP contribution in [0, 0.1) is 13.8 Å². The molecule has 0 saturated heterocycles. The number of ether oxygens (including phenoxy) is 1. The molecule has 4 aromatic rings. The zero-order valence-corrected chi connectivity index (χ0v) is 17.3. The number of rotatable bonds is 6. The Bertz CT molecular complexity index is 1170. The maximum atomic E-state index is 12.7. The van der Waals surface area contributed by atoms with Gasteiger partial charge in [-0.15, -0.1) is 0 Å². The van der Waals surface area contributed by atoms with E-state index < -0.39 is 0 Å². The lowest BCUT2D eigenvalue weighted by Gasteiger charge is -2.12. The summed E-state index contributed by atoms with van der Waals surface area (Å²) in [5.41, 5.74) is 4.12. The van der Waals surface area contributed by atoms with Gasteiger partial charge in [0.25, 0.3) is 5.91 Å². The molecular weight excluding hydrogens is 382 g/mol. The van der Waals surface area contributed by atoms with Crippen LogP contribution in [0.3, 0.4) is 0 Å². The highest BCUT2D eigenvalue weighted by Crippen LogP contribution is 2.27. The lowest BCUT2D eigenvalue weighted by Crippen LogP contribution is -2.13. The molecule has 154 valence electrons. The fourth-order valence-corrected chi connectivity index (χ4v) is 3.13. The average molecular weight is 405 g/mol. The first-order valence-corrected chi connectivity index (χ1v) is 9.54. The molecule has 0 atom stereocenters. The molecule has 0 bridgehead atoms. The number of nitrogens with zero attached hydrogens (tertiary/aromatic N) is 3. The zero-order valence-electron chi connectivity index (χ0n) is 17.3. The number of carbonyl (C=O) groups excluding carboxylic acids is 1.